The highest BCUT2D eigenvalue weighted by atomic mass is 79.9. The molecule has 0 saturated heterocycles. The fourth-order valence-corrected chi connectivity index (χ4v) is 2.57. The molecular formula is C10H12BrNO2. The summed E-state index contributed by atoms with van der Waals surface area (Å²) in [6, 6.07) is 0. The van der Waals surface area contributed by atoms with Gasteiger partial charge in [0, 0.05) is 5.92 Å². The van der Waals surface area contributed by atoms with Crippen LogP contribution in [-0.4, -0.2) is 11.4 Å². The first-order valence-electron chi connectivity index (χ1n) is 4.93. The molecule has 1 heterocycles. The number of hydrogen-bond donors (Lipinski definition) is 0. The fraction of sp³-hybridized carbons (Fsp3) is 0.600. The Bertz CT molecular complexity index is 329. The molecule has 0 aliphatic heterocycles. The Labute approximate surface area is 91.0 Å². The Morgan fingerprint density at radius 2 is 2.07 bits per heavy atom. The molecule has 0 N–H and O–H groups in total. The third kappa shape index (κ3) is 1.75. The minimum Gasteiger partial charge on any atom is -0.352 e. The topological polar surface area (TPSA) is 43.1 Å². The van der Waals surface area contributed by atoms with E-state index in [1.807, 2.05) is 0 Å². The van der Waals surface area contributed by atoms with Gasteiger partial charge in [-0.05, 0) is 28.8 Å². The van der Waals surface area contributed by atoms with E-state index in [2.05, 4.69) is 21.1 Å². The molecule has 0 unspecified atom stereocenters. The van der Waals surface area contributed by atoms with Crippen LogP contribution in [-0.2, 0) is 0 Å². The highest BCUT2D eigenvalue weighted by molar-refractivity contribution is 9.10. The molecule has 0 aromatic carbocycles. The monoisotopic (exact) mass is 257 g/mol. The van der Waals surface area contributed by atoms with E-state index in [1.54, 1.807) is 0 Å². The van der Waals surface area contributed by atoms with Crippen molar-refractivity contribution in [1.82, 2.24) is 5.16 Å². The maximum Gasteiger partial charge on any atom is 0.213 e. The summed E-state index contributed by atoms with van der Waals surface area (Å²) in [7, 11) is 0. The molecule has 4 heteroatoms. The van der Waals surface area contributed by atoms with E-state index in [9.17, 15) is 4.79 Å². The van der Waals surface area contributed by atoms with Crippen molar-refractivity contribution in [2.24, 2.45) is 0 Å². The summed E-state index contributed by atoms with van der Waals surface area (Å²) >= 11 is 3.36. The van der Waals surface area contributed by atoms with E-state index in [-0.39, 0.29) is 0 Å². The largest absolute Gasteiger partial charge is 0.352 e. The second-order valence-corrected chi connectivity index (χ2v) is 4.49. The van der Waals surface area contributed by atoms with Gasteiger partial charge in [-0.15, -0.1) is 0 Å². The molecule has 1 aliphatic rings. The van der Waals surface area contributed by atoms with Crippen molar-refractivity contribution in [1.29, 1.82) is 0 Å². The molecule has 1 fully saturated rings. The van der Waals surface area contributed by atoms with Crippen LogP contribution in [0.3, 0.4) is 0 Å². The Morgan fingerprint density at radius 3 is 2.64 bits per heavy atom. The van der Waals surface area contributed by atoms with Crippen LogP contribution < -0.4 is 0 Å². The molecular weight excluding hydrogens is 246 g/mol. The Kier molecular flexibility index (Phi) is 3.01. The molecule has 1 aromatic heterocycles. The normalized spacial score (nSPS) is 18.4. The first kappa shape index (κ1) is 9.90. The number of aldehydes is 1. The van der Waals surface area contributed by atoms with Crippen molar-refractivity contribution >= 4 is 22.2 Å². The van der Waals surface area contributed by atoms with Crippen molar-refractivity contribution in [3.63, 3.8) is 0 Å². The van der Waals surface area contributed by atoms with Gasteiger partial charge in [0.15, 0.2) is 6.29 Å². The molecule has 0 atom stereocenters. The number of carbonyl (C=O) groups is 1. The van der Waals surface area contributed by atoms with Gasteiger partial charge in [-0.1, -0.05) is 24.4 Å². The quantitative estimate of drug-likeness (QED) is 0.764. The molecule has 1 saturated carbocycles. The summed E-state index contributed by atoms with van der Waals surface area (Å²) < 4.78 is 5.68. The lowest BCUT2D eigenvalue weighted by molar-refractivity contribution is 0.109. The third-order valence-electron chi connectivity index (χ3n) is 2.78. The summed E-state index contributed by atoms with van der Waals surface area (Å²) in [6.45, 7) is 0. The lowest BCUT2D eigenvalue weighted by Crippen LogP contribution is -2.05. The average Bonchev–Trinajstić information content (AvgIpc) is 2.61. The molecule has 0 bridgehead atoms. The van der Waals surface area contributed by atoms with Gasteiger partial charge in [-0.3, -0.25) is 4.79 Å². The second kappa shape index (κ2) is 4.26. The summed E-state index contributed by atoms with van der Waals surface area (Å²) in [5, 5.41) is 3.96. The molecule has 0 amide bonds. The van der Waals surface area contributed by atoms with Gasteiger partial charge >= 0.3 is 0 Å². The van der Waals surface area contributed by atoms with E-state index in [4.69, 9.17) is 4.52 Å². The maximum absolute atomic E-state index is 10.6. The summed E-state index contributed by atoms with van der Waals surface area (Å²) in [5.41, 5.74) is 0.923. The van der Waals surface area contributed by atoms with Gasteiger partial charge < -0.3 is 4.52 Å². The molecule has 76 valence electrons. The Morgan fingerprint density at radius 1 is 1.36 bits per heavy atom. The van der Waals surface area contributed by atoms with E-state index < -0.39 is 0 Å². The zero-order valence-corrected chi connectivity index (χ0v) is 9.42. The van der Waals surface area contributed by atoms with Crippen molar-refractivity contribution in [3.8, 4) is 0 Å². The summed E-state index contributed by atoms with van der Waals surface area (Å²) in [6.07, 6.45) is 6.82. The van der Waals surface area contributed by atoms with E-state index >= 15 is 0 Å². The predicted molar refractivity (Wildman–Crippen MR) is 55.4 cm³/mol. The van der Waals surface area contributed by atoms with Crippen molar-refractivity contribution in [2.45, 2.75) is 38.0 Å². The van der Waals surface area contributed by atoms with Gasteiger partial charge in [0.1, 0.15) is 5.69 Å². The lowest BCUT2D eigenvalue weighted by Gasteiger charge is -2.19. The lowest BCUT2D eigenvalue weighted by atomic mass is 9.87. The number of hydrogen-bond acceptors (Lipinski definition) is 3. The SMILES string of the molecule is O=Cc1onc(C2CCCCC2)c1Br. The van der Waals surface area contributed by atoms with Gasteiger partial charge in [0.25, 0.3) is 0 Å². The first-order valence-corrected chi connectivity index (χ1v) is 5.72. The number of halogens is 1. The van der Waals surface area contributed by atoms with E-state index in [0.717, 1.165) is 23.0 Å². The van der Waals surface area contributed by atoms with Crippen LogP contribution in [0.15, 0.2) is 9.00 Å². The molecule has 1 aromatic rings. The summed E-state index contributed by atoms with van der Waals surface area (Å²) in [4.78, 5) is 10.6. The molecule has 2 rings (SSSR count). The minimum atomic E-state index is 0.311. The van der Waals surface area contributed by atoms with Gasteiger partial charge in [0.05, 0.1) is 4.47 Å². The van der Waals surface area contributed by atoms with Crippen LogP contribution in [0.1, 0.15) is 54.3 Å². The smallest absolute Gasteiger partial charge is 0.213 e. The zero-order valence-electron chi connectivity index (χ0n) is 7.83. The van der Waals surface area contributed by atoms with Crippen LogP contribution >= 0.6 is 15.9 Å². The number of rotatable bonds is 2. The highest BCUT2D eigenvalue weighted by Gasteiger charge is 2.23. The van der Waals surface area contributed by atoms with Gasteiger partial charge in [-0.25, -0.2) is 0 Å². The second-order valence-electron chi connectivity index (χ2n) is 3.70. The Balaban J connectivity index is 2.22. The third-order valence-corrected chi connectivity index (χ3v) is 3.58. The van der Waals surface area contributed by atoms with Crippen molar-refractivity contribution in [3.05, 3.63) is 15.9 Å². The summed E-state index contributed by atoms with van der Waals surface area (Å²) in [5.74, 6) is 0.779. The van der Waals surface area contributed by atoms with Crippen LogP contribution in [0, 0.1) is 0 Å². The molecule has 1 aliphatic carbocycles. The number of nitrogens with zero attached hydrogens (tertiary/aromatic N) is 1. The molecule has 14 heavy (non-hydrogen) atoms. The van der Waals surface area contributed by atoms with Gasteiger partial charge in [0.2, 0.25) is 5.76 Å². The molecule has 3 nitrogen and oxygen atoms in total. The molecule has 0 radical (unpaired) electrons. The molecule has 0 spiro atoms. The maximum atomic E-state index is 10.6. The predicted octanol–water partition coefficient (Wildman–Crippen LogP) is 3.30. The number of aromatic nitrogens is 1. The van der Waals surface area contributed by atoms with Crippen LogP contribution in [0.4, 0.5) is 0 Å². The minimum absolute atomic E-state index is 0.311. The van der Waals surface area contributed by atoms with Crippen LogP contribution in [0.5, 0.6) is 0 Å². The highest BCUT2D eigenvalue weighted by Crippen LogP contribution is 2.36. The first-order chi connectivity index (χ1) is 6.83. The average molecular weight is 258 g/mol. The fourth-order valence-electron chi connectivity index (χ4n) is 2.01. The van der Waals surface area contributed by atoms with E-state index in [1.165, 1.54) is 19.3 Å². The van der Waals surface area contributed by atoms with E-state index in [0.29, 0.717) is 18.0 Å². The number of carbonyl (C=O) groups excluding carboxylic acids is 1. The Hall–Kier alpha value is -0.640. The zero-order chi connectivity index (χ0) is 9.97. The van der Waals surface area contributed by atoms with Crippen LogP contribution in [0.25, 0.3) is 0 Å². The van der Waals surface area contributed by atoms with Crippen LogP contribution in [0.2, 0.25) is 0 Å². The van der Waals surface area contributed by atoms with Crippen molar-refractivity contribution < 1.29 is 9.32 Å². The van der Waals surface area contributed by atoms with Crippen molar-refractivity contribution in [2.75, 3.05) is 0 Å². The van der Waals surface area contributed by atoms with Gasteiger partial charge in [-0.2, -0.15) is 0 Å². The standard InChI is InChI=1S/C10H12BrNO2/c11-9-8(6-13)14-12-10(9)7-4-2-1-3-5-7/h6-7H,1-5H2.